The number of hydrogen-bond acceptors (Lipinski definition) is 6. The molecule has 0 spiro atoms. The van der Waals surface area contributed by atoms with Gasteiger partial charge in [-0.25, -0.2) is 4.68 Å². The van der Waals surface area contributed by atoms with Crippen LogP contribution in [0.1, 0.15) is 35.6 Å². The summed E-state index contributed by atoms with van der Waals surface area (Å²) in [7, 11) is 0. The number of likely N-dealkylation sites (tertiary alicyclic amines) is 1. The Morgan fingerprint density at radius 3 is 2.57 bits per heavy atom. The van der Waals surface area contributed by atoms with Crippen LogP contribution in [0.5, 0.6) is 0 Å². The summed E-state index contributed by atoms with van der Waals surface area (Å²) in [6.45, 7) is 7.39. The molecule has 4 rings (SSSR count). The van der Waals surface area contributed by atoms with Crippen molar-refractivity contribution in [3.05, 3.63) is 57.3 Å². The van der Waals surface area contributed by atoms with Crippen LogP contribution in [0.2, 0.25) is 0 Å². The molecule has 0 atom stereocenters. The minimum atomic E-state index is -0.134. The summed E-state index contributed by atoms with van der Waals surface area (Å²) in [5.74, 6) is 0.520. The van der Waals surface area contributed by atoms with E-state index in [1.807, 2.05) is 31.2 Å². The SMILES string of the molecule is Cc1noc(C)c1CC(=O)NCc1nn(CCN2CCCC2)c(=O)c2ccccc12. The highest BCUT2D eigenvalue weighted by atomic mass is 16.5. The van der Waals surface area contributed by atoms with Crippen molar-refractivity contribution in [1.82, 2.24) is 25.2 Å². The molecule has 158 valence electrons. The van der Waals surface area contributed by atoms with E-state index in [0.717, 1.165) is 36.3 Å². The standard InChI is InChI=1S/C22H27N5O3/c1-15-19(16(2)30-25-15)13-21(28)23-14-20-17-7-3-4-8-18(17)22(29)27(24-20)12-11-26-9-5-6-10-26/h3-4,7-8H,5-6,9-14H2,1-2H3,(H,23,28). The van der Waals surface area contributed by atoms with Gasteiger partial charge in [0, 0.05) is 17.5 Å². The number of carbonyl (C=O) groups excluding carboxylic acids is 1. The van der Waals surface area contributed by atoms with Crippen LogP contribution < -0.4 is 10.9 Å². The molecule has 1 aliphatic rings. The van der Waals surface area contributed by atoms with E-state index in [0.29, 0.717) is 23.4 Å². The molecular weight excluding hydrogens is 382 g/mol. The van der Waals surface area contributed by atoms with Crippen molar-refractivity contribution in [2.75, 3.05) is 19.6 Å². The smallest absolute Gasteiger partial charge is 0.274 e. The van der Waals surface area contributed by atoms with Gasteiger partial charge in [-0.05, 0) is 45.8 Å². The summed E-state index contributed by atoms with van der Waals surface area (Å²) in [6, 6.07) is 7.44. The fourth-order valence-electron chi connectivity index (χ4n) is 3.99. The van der Waals surface area contributed by atoms with Gasteiger partial charge in [-0.3, -0.25) is 9.59 Å². The lowest BCUT2D eigenvalue weighted by atomic mass is 10.1. The molecule has 0 unspecified atom stereocenters. The van der Waals surface area contributed by atoms with E-state index in [4.69, 9.17) is 4.52 Å². The highest BCUT2D eigenvalue weighted by molar-refractivity contribution is 5.84. The van der Waals surface area contributed by atoms with Crippen molar-refractivity contribution in [2.24, 2.45) is 0 Å². The third kappa shape index (κ3) is 4.28. The maximum absolute atomic E-state index is 12.9. The van der Waals surface area contributed by atoms with E-state index in [2.05, 4.69) is 20.5 Å². The molecule has 0 saturated carbocycles. The second kappa shape index (κ2) is 8.79. The quantitative estimate of drug-likeness (QED) is 0.641. The summed E-state index contributed by atoms with van der Waals surface area (Å²) in [5.41, 5.74) is 2.14. The molecule has 3 heterocycles. The van der Waals surface area contributed by atoms with E-state index < -0.39 is 0 Å². The van der Waals surface area contributed by atoms with Crippen LogP contribution in [0.25, 0.3) is 10.8 Å². The molecule has 3 aromatic rings. The van der Waals surface area contributed by atoms with E-state index in [1.165, 1.54) is 17.5 Å². The van der Waals surface area contributed by atoms with Gasteiger partial charge in [0.05, 0.1) is 36.3 Å². The number of rotatable bonds is 7. The molecule has 1 saturated heterocycles. The zero-order chi connectivity index (χ0) is 21.1. The van der Waals surface area contributed by atoms with E-state index in [9.17, 15) is 9.59 Å². The van der Waals surface area contributed by atoms with Crippen LogP contribution in [0.15, 0.2) is 33.6 Å². The van der Waals surface area contributed by atoms with Crippen molar-refractivity contribution in [2.45, 2.75) is 46.2 Å². The normalized spacial score (nSPS) is 14.5. The van der Waals surface area contributed by atoms with Gasteiger partial charge in [-0.2, -0.15) is 5.10 Å². The highest BCUT2D eigenvalue weighted by Crippen LogP contribution is 2.15. The van der Waals surface area contributed by atoms with Crippen LogP contribution in [0, 0.1) is 13.8 Å². The Hall–Kier alpha value is -3.00. The Bertz CT molecular complexity index is 1090. The lowest BCUT2D eigenvalue weighted by Crippen LogP contribution is -2.33. The van der Waals surface area contributed by atoms with Gasteiger partial charge < -0.3 is 14.7 Å². The molecule has 2 aromatic heterocycles. The molecule has 1 aliphatic heterocycles. The first-order valence-electron chi connectivity index (χ1n) is 10.4. The molecule has 1 fully saturated rings. The number of benzene rings is 1. The van der Waals surface area contributed by atoms with Gasteiger partial charge in [-0.1, -0.05) is 23.4 Å². The number of fused-ring (bicyclic) bond motifs is 1. The zero-order valence-corrected chi connectivity index (χ0v) is 17.5. The van der Waals surface area contributed by atoms with Crippen molar-refractivity contribution in [1.29, 1.82) is 0 Å². The van der Waals surface area contributed by atoms with Crippen LogP contribution >= 0.6 is 0 Å². The summed E-state index contributed by atoms with van der Waals surface area (Å²) >= 11 is 0. The average molecular weight is 409 g/mol. The summed E-state index contributed by atoms with van der Waals surface area (Å²) in [4.78, 5) is 27.7. The highest BCUT2D eigenvalue weighted by Gasteiger charge is 2.16. The van der Waals surface area contributed by atoms with Crippen molar-refractivity contribution in [3.8, 4) is 0 Å². The summed E-state index contributed by atoms with van der Waals surface area (Å²) in [6.07, 6.45) is 2.62. The van der Waals surface area contributed by atoms with Crippen LogP contribution in [0.4, 0.5) is 0 Å². The predicted octanol–water partition coefficient (Wildman–Crippen LogP) is 1.96. The van der Waals surface area contributed by atoms with Crippen LogP contribution in [-0.2, 0) is 24.3 Å². The number of nitrogens with zero attached hydrogens (tertiary/aromatic N) is 4. The van der Waals surface area contributed by atoms with Gasteiger partial charge in [0.1, 0.15) is 5.76 Å². The number of amides is 1. The first-order chi connectivity index (χ1) is 14.5. The zero-order valence-electron chi connectivity index (χ0n) is 17.5. The number of aromatic nitrogens is 3. The average Bonchev–Trinajstić information content (AvgIpc) is 3.38. The number of carbonyl (C=O) groups is 1. The maximum Gasteiger partial charge on any atom is 0.274 e. The first kappa shape index (κ1) is 20.3. The third-order valence-corrected chi connectivity index (χ3v) is 5.74. The van der Waals surface area contributed by atoms with Gasteiger partial charge in [0.2, 0.25) is 5.91 Å². The van der Waals surface area contributed by atoms with E-state index in [-0.39, 0.29) is 24.4 Å². The Balaban J connectivity index is 1.52. The summed E-state index contributed by atoms with van der Waals surface area (Å²) < 4.78 is 6.67. The lowest BCUT2D eigenvalue weighted by Gasteiger charge is -2.16. The van der Waals surface area contributed by atoms with Crippen molar-refractivity contribution < 1.29 is 9.32 Å². The second-order valence-electron chi connectivity index (χ2n) is 7.83. The minimum Gasteiger partial charge on any atom is -0.361 e. The minimum absolute atomic E-state index is 0.0874. The lowest BCUT2D eigenvalue weighted by molar-refractivity contribution is -0.120. The molecule has 8 heteroatoms. The largest absolute Gasteiger partial charge is 0.361 e. The maximum atomic E-state index is 12.9. The first-order valence-corrected chi connectivity index (χ1v) is 10.4. The van der Waals surface area contributed by atoms with Crippen LogP contribution in [0.3, 0.4) is 0 Å². The monoisotopic (exact) mass is 409 g/mol. The Labute approximate surface area is 174 Å². The van der Waals surface area contributed by atoms with Crippen molar-refractivity contribution >= 4 is 16.7 Å². The Morgan fingerprint density at radius 1 is 1.13 bits per heavy atom. The number of hydrogen-bond donors (Lipinski definition) is 1. The van der Waals surface area contributed by atoms with Gasteiger partial charge in [-0.15, -0.1) is 0 Å². The van der Waals surface area contributed by atoms with Gasteiger partial charge in [0.25, 0.3) is 5.56 Å². The molecule has 1 amide bonds. The second-order valence-corrected chi connectivity index (χ2v) is 7.83. The van der Waals surface area contributed by atoms with E-state index in [1.54, 1.807) is 6.92 Å². The topological polar surface area (TPSA) is 93.3 Å². The number of aryl methyl sites for hydroxylation is 2. The fourth-order valence-corrected chi connectivity index (χ4v) is 3.99. The molecular formula is C22H27N5O3. The van der Waals surface area contributed by atoms with Gasteiger partial charge in [0.15, 0.2) is 0 Å². The number of nitrogens with one attached hydrogen (secondary N) is 1. The fraction of sp³-hybridized carbons (Fsp3) is 0.455. The molecule has 30 heavy (non-hydrogen) atoms. The Morgan fingerprint density at radius 2 is 1.87 bits per heavy atom. The molecule has 0 aliphatic carbocycles. The third-order valence-electron chi connectivity index (χ3n) is 5.74. The Kier molecular flexibility index (Phi) is 5.94. The molecule has 1 aromatic carbocycles. The molecule has 0 bridgehead atoms. The van der Waals surface area contributed by atoms with Gasteiger partial charge >= 0.3 is 0 Å². The van der Waals surface area contributed by atoms with Crippen LogP contribution in [-0.4, -0.2) is 45.4 Å². The van der Waals surface area contributed by atoms with Crippen molar-refractivity contribution in [3.63, 3.8) is 0 Å². The molecule has 8 nitrogen and oxygen atoms in total. The molecule has 1 N–H and O–H groups in total. The summed E-state index contributed by atoms with van der Waals surface area (Å²) in [5, 5.41) is 12.8. The van der Waals surface area contributed by atoms with E-state index >= 15 is 0 Å². The molecule has 0 radical (unpaired) electrons. The predicted molar refractivity (Wildman–Crippen MR) is 113 cm³/mol.